The van der Waals surface area contributed by atoms with Crippen LogP contribution in [0.25, 0.3) is 0 Å². The highest BCUT2D eigenvalue weighted by molar-refractivity contribution is 5.78. The van der Waals surface area contributed by atoms with Gasteiger partial charge in [0.05, 0.1) is 6.61 Å². The largest absolute Gasteiger partial charge is 0.455 e. The van der Waals surface area contributed by atoms with E-state index in [4.69, 9.17) is 18.9 Å². The van der Waals surface area contributed by atoms with E-state index in [1.165, 1.54) is 0 Å². The molecule has 2 heterocycles. The topological polar surface area (TPSA) is 54.0 Å². The van der Waals surface area contributed by atoms with Gasteiger partial charge in [-0.3, -0.25) is 0 Å². The molecule has 0 unspecified atom stereocenters. The van der Waals surface area contributed by atoms with Gasteiger partial charge >= 0.3 is 5.97 Å². The van der Waals surface area contributed by atoms with Crippen LogP contribution in [0.4, 0.5) is 0 Å². The van der Waals surface area contributed by atoms with E-state index in [2.05, 4.69) is 0 Å². The second-order valence-corrected chi connectivity index (χ2v) is 7.41. The number of hydrogen-bond acceptors (Lipinski definition) is 5. The lowest BCUT2D eigenvalue weighted by Crippen LogP contribution is -2.44. The Morgan fingerprint density at radius 2 is 1.37 bits per heavy atom. The molecule has 0 amide bonds. The molecule has 3 aromatic carbocycles. The minimum atomic E-state index is -0.837. The number of benzene rings is 3. The fourth-order valence-corrected chi connectivity index (χ4v) is 3.93. The number of fused-ring (bicyclic) bond motifs is 1. The van der Waals surface area contributed by atoms with Crippen LogP contribution in [-0.2, 0) is 23.7 Å². The van der Waals surface area contributed by atoms with Crippen LogP contribution < -0.4 is 0 Å². The molecule has 2 fully saturated rings. The van der Waals surface area contributed by atoms with E-state index < -0.39 is 36.7 Å². The van der Waals surface area contributed by atoms with Crippen molar-refractivity contribution in [3.05, 3.63) is 108 Å². The van der Waals surface area contributed by atoms with E-state index in [0.717, 1.165) is 16.7 Å². The molecule has 0 aromatic heterocycles. The molecule has 0 saturated carbocycles. The van der Waals surface area contributed by atoms with Gasteiger partial charge in [0.1, 0.15) is 12.2 Å². The van der Waals surface area contributed by atoms with Crippen molar-refractivity contribution in [3.63, 3.8) is 0 Å². The summed E-state index contributed by atoms with van der Waals surface area (Å²) in [6.45, 7) is 0.275. The standard InChI is InChI=1S/C25H22O5/c26-24-23(22-20(28-24)16-27-25(30-22)19-14-8-3-9-15-19)29-21(17-10-4-1-5-11-17)18-12-6-2-7-13-18/h1-15,20-23,25H,16H2/t20-,22+,23+,25+/m1/s1. The van der Waals surface area contributed by atoms with E-state index in [1.807, 2.05) is 91.0 Å². The molecule has 0 radical (unpaired) electrons. The number of rotatable bonds is 5. The summed E-state index contributed by atoms with van der Waals surface area (Å²) in [5, 5.41) is 0. The van der Waals surface area contributed by atoms with Crippen molar-refractivity contribution < 1.29 is 23.7 Å². The van der Waals surface area contributed by atoms with Gasteiger partial charge < -0.3 is 18.9 Å². The molecular formula is C25H22O5. The molecule has 2 saturated heterocycles. The summed E-state index contributed by atoms with van der Waals surface area (Å²) in [4.78, 5) is 12.7. The third kappa shape index (κ3) is 3.75. The molecule has 0 bridgehead atoms. The third-order valence-corrected chi connectivity index (χ3v) is 5.42. The van der Waals surface area contributed by atoms with Crippen LogP contribution in [0, 0.1) is 0 Å². The molecule has 3 aromatic rings. The van der Waals surface area contributed by atoms with E-state index in [1.54, 1.807) is 0 Å². The molecule has 2 aliphatic heterocycles. The first-order valence-corrected chi connectivity index (χ1v) is 10.1. The number of hydrogen-bond donors (Lipinski definition) is 0. The first-order valence-electron chi connectivity index (χ1n) is 10.1. The summed E-state index contributed by atoms with van der Waals surface area (Å²) in [6.07, 6.45) is -2.82. The van der Waals surface area contributed by atoms with Crippen LogP contribution in [-0.4, -0.2) is 30.9 Å². The maximum Gasteiger partial charge on any atom is 0.338 e. The maximum atomic E-state index is 12.7. The highest BCUT2D eigenvalue weighted by atomic mass is 16.7. The molecule has 152 valence electrons. The van der Waals surface area contributed by atoms with Crippen LogP contribution in [0.2, 0.25) is 0 Å². The summed E-state index contributed by atoms with van der Waals surface area (Å²) < 4.78 is 23.9. The Kier molecular flexibility index (Phi) is 5.32. The van der Waals surface area contributed by atoms with E-state index in [9.17, 15) is 4.79 Å². The average Bonchev–Trinajstić information content (AvgIpc) is 3.13. The van der Waals surface area contributed by atoms with Gasteiger partial charge in [0.25, 0.3) is 0 Å². The maximum absolute atomic E-state index is 12.7. The van der Waals surface area contributed by atoms with Crippen LogP contribution in [0.5, 0.6) is 0 Å². The lowest BCUT2D eigenvalue weighted by Gasteiger charge is -2.33. The Labute approximate surface area is 175 Å². The molecule has 0 aliphatic carbocycles. The highest BCUT2D eigenvalue weighted by Gasteiger charge is 2.51. The highest BCUT2D eigenvalue weighted by Crippen LogP contribution is 2.37. The fourth-order valence-electron chi connectivity index (χ4n) is 3.93. The fraction of sp³-hybridized carbons (Fsp3) is 0.240. The van der Waals surface area contributed by atoms with Crippen LogP contribution in [0.15, 0.2) is 91.0 Å². The van der Waals surface area contributed by atoms with Gasteiger partial charge in [0, 0.05) is 5.56 Å². The van der Waals surface area contributed by atoms with Gasteiger partial charge in [0.2, 0.25) is 0 Å². The van der Waals surface area contributed by atoms with E-state index in [0.29, 0.717) is 0 Å². The number of carbonyl (C=O) groups excluding carboxylic acids is 1. The van der Waals surface area contributed by atoms with Crippen molar-refractivity contribution in [2.75, 3.05) is 6.61 Å². The predicted octanol–water partition coefficient (Wildman–Crippen LogP) is 4.20. The zero-order valence-electron chi connectivity index (χ0n) is 16.3. The molecule has 0 N–H and O–H groups in total. The summed E-state index contributed by atoms with van der Waals surface area (Å²) in [5.41, 5.74) is 2.83. The molecule has 0 spiro atoms. The Morgan fingerprint density at radius 3 is 1.97 bits per heavy atom. The predicted molar refractivity (Wildman–Crippen MR) is 109 cm³/mol. The Hall–Kier alpha value is -2.99. The minimum Gasteiger partial charge on any atom is -0.455 e. The average molecular weight is 402 g/mol. The second-order valence-electron chi connectivity index (χ2n) is 7.41. The zero-order chi connectivity index (χ0) is 20.3. The first-order chi connectivity index (χ1) is 14.8. The van der Waals surface area contributed by atoms with Crippen LogP contribution in [0.3, 0.4) is 0 Å². The lowest BCUT2D eigenvalue weighted by atomic mass is 10.0. The van der Waals surface area contributed by atoms with Gasteiger partial charge in [-0.25, -0.2) is 4.79 Å². The molecule has 5 nitrogen and oxygen atoms in total. The van der Waals surface area contributed by atoms with Gasteiger partial charge in [0.15, 0.2) is 18.5 Å². The Balaban J connectivity index is 1.42. The third-order valence-electron chi connectivity index (χ3n) is 5.42. The van der Waals surface area contributed by atoms with Crippen molar-refractivity contribution in [1.82, 2.24) is 0 Å². The molecule has 2 aliphatic rings. The smallest absolute Gasteiger partial charge is 0.338 e. The normalized spacial score (nSPS) is 25.7. The summed E-state index contributed by atoms with van der Waals surface area (Å²) >= 11 is 0. The molecule has 4 atom stereocenters. The summed E-state index contributed by atoms with van der Waals surface area (Å²) in [7, 11) is 0. The first kappa shape index (κ1) is 19.0. The monoisotopic (exact) mass is 402 g/mol. The molecule has 30 heavy (non-hydrogen) atoms. The number of ether oxygens (including phenoxy) is 4. The molecule has 5 rings (SSSR count). The van der Waals surface area contributed by atoms with Crippen LogP contribution in [0.1, 0.15) is 29.1 Å². The van der Waals surface area contributed by atoms with Crippen LogP contribution >= 0.6 is 0 Å². The van der Waals surface area contributed by atoms with Gasteiger partial charge in [-0.15, -0.1) is 0 Å². The van der Waals surface area contributed by atoms with Crippen molar-refractivity contribution in [2.45, 2.75) is 30.7 Å². The quantitative estimate of drug-likeness (QED) is 0.599. The zero-order valence-corrected chi connectivity index (χ0v) is 16.3. The minimum absolute atomic E-state index is 0.275. The van der Waals surface area contributed by atoms with E-state index in [-0.39, 0.29) is 6.61 Å². The Bertz CT molecular complexity index is 937. The SMILES string of the molecule is O=C1O[C@@H]2CO[C@H](c3ccccc3)O[C@@H]2[C@@H]1OC(c1ccccc1)c1ccccc1. The van der Waals surface area contributed by atoms with Gasteiger partial charge in [-0.2, -0.15) is 0 Å². The van der Waals surface area contributed by atoms with E-state index >= 15 is 0 Å². The van der Waals surface area contributed by atoms with Crippen molar-refractivity contribution in [3.8, 4) is 0 Å². The van der Waals surface area contributed by atoms with Crippen molar-refractivity contribution >= 4 is 5.97 Å². The molecular weight excluding hydrogens is 380 g/mol. The second kappa shape index (κ2) is 8.40. The number of carbonyl (C=O) groups is 1. The van der Waals surface area contributed by atoms with Crippen molar-refractivity contribution in [2.24, 2.45) is 0 Å². The molecule has 5 heteroatoms. The van der Waals surface area contributed by atoms with Crippen molar-refractivity contribution in [1.29, 1.82) is 0 Å². The summed E-state index contributed by atoms with van der Waals surface area (Å²) in [5.74, 6) is -0.417. The lowest BCUT2D eigenvalue weighted by molar-refractivity contribution is -0.256. The van der Waals surface area contributed by atoms with Gasteiger partial charge in [-0.05, 0) is 11.1 Å². The van der Waals surface area contributed by atoms with Gasteiger partial charge in [-0.1, -0.05) is 91.0 Å². The number of esters is 1. The Morgan fingerprint density at radius 1 is 0.800 bits per heavy atom. The summed E-state index contributed by atoms with van der Waals surface area (Å²) in [6, 6.07) is 29.4.